The number of hydrogen-bond donors (Lipinski definition) is 1. The van der Waals surface area contributed by atoms with E-state index in [1.165, 1.54) is 37.7 Å². The van der Waals surface area contributed by atoms with E-state index < -0.39 is 0 Å². The van der Waals surface area contributed by atoms with E-state index in [9.17, 15) is 0 Å². The Morgan fingerprint density at radius 3 is 2.30 bits per heavy atom. The van der Waals surface area contributed by atoms with Crippen LogP contribution in [-0.2, 0) is 6.54 Å². The van der Waals surface area contributed by atoms with Gasteiger partial charge in [0.05, 0.1) is 0 Å². The molecule has 0 atom stereocenters. The molecule has 0 aromatic heterocycles. The summed E-state index contributed by atoms with van der Waals surface area (Å²) in [5.74, 6) is 3.96. The molecule has 4 bridgehead atoms. The van der Waals surface area contributed by atoms with E-state index in [4.69, 9.17) is 11.6 Å². The molecule has 108 valence electrons. The summed E-state index contributed by atoms with van der Waals surface area (Å²) in [6.45, 7) is 0.916. The molecule has 0 saturated heterocycles. The van der Waals surface area contributed by atoms with Gasteiger partial charge in [0.25, 0.3) is 0 Å². The third kappa shape index (κ3) is 2.44. The average molecular weight is 355 g/mol. The predicted molar refractivity (Wildman–Crippen MR) is 86.8 cm³/mol. The molecular formula is C17H21BrClN. The van der Waals surface area contributed by atoms with Crippen LogP contribution in [0.3, 0.4) is 0 Å². The van der Waals surface area contributed by atoms with E-state index in [0.717, 1.165) is 45.8 Å². The van der Waals surface area contributed by atoms with Crippen LogP contribution in [0.5, 0.6) is 0 Å². The van der Waals surface area contributed by atoms with Gasteiger partial charge in [-0.25, -0.2) is 0 Å². The van der Waals surface area contributed by atoms with Gasteiger partial charge in [0.1, 0.15) is 0 Å². The maximum absolute atomic E-state index is 6.33. The van der Waals surface area contributed by atoms with Crippen LogP contribution in [0.2, 0.25) is 5.02 Å². The third-order valence-corrected chi connectivity index (χ3v) is 6.62. The summed E-state index contributed by atoms with van der Waals surface area (Å²) in [5, 5.41) is 4.71. The second kappa shape index (κ2) is 5.30. The van der Waals surface area contributed by atoms with Crippen molar-refractivity contribution < 1.29 is 0 Å². The van der Waals surface area contributed by atoms with Gasteiger partial charge in [-0.1, -0.05) is 33.6 Å². The molecule has 20 heavy (non-hydrogen) atoms. The minimum atomic E-state index is 0.738. The van der Waals surface area contributed by atoms with Gasteiger partial charge >= 0.3 is 0 Å². The first kappa shape index (κ1) is 13.6. The fourth-order valence-electron chi connectivity index (χ4n) is 5.15. The smallest absolute Gasteiger partial charge is 0.0462 e. The first-order valence-electron chi connectivity index (χ1n) is 7.86. The van der Waals surface area contributed by atoms with Crippen LogP contribution in [0.25, 0.3) is 0 Å². The molecule has 0 aliphatic heterocycles. The van der Waals surface area contributed by atoms with E-state index in [1.54, 1.807) is 0 Å². The highest BCUT2D eigenvalue weighted by atomic mass is 79.9. The zero-order valence-corrected chi connectivity index (χ0v) is 14.0. The van der Waals surface area contributed by atoms with Crippen LogP contribution in [0.1, 0.15) is 37.7 Å². The first-order chi connectivity index (χ1) is 9.69. The molecule has 1 N–H and O–H groups in total. The largest absolute Gasteiger partial charge is 0.309 e. The zero-order chi connectivity index (χ0) is 13.7. The quantitative estimate of drug-likeness (QED) is 0.804. The fourth-order valence-corrected chi connectivity index (χ4v) is 5.89. The van der Waals surface area contributed by atoms with Crippen molar-refractivity contribution in [3.8, 4) is 0 Å². The molecule has 0 radical (unpaired) electrons. The molecule has 0 unspecified atom stereocenters. The molecule has 0 heterocycles. The van der Waals surface area contributed by atoms with Gasteiger partial charge in [-0.15, -0.1) is 0 Å². The molecule has 4 fully saturated rings. The Hall–Kier alpha value is -0.0500. The van der Waals surface area contributed by atoms with Crippen LogP contribution >= 0.6 is 27.5 Å². The molecule has 1 aromatic rings. The van der Waals surface area contributed by atoms with Crippen molar-refractivity contribution in [3.05, 3.63) is 33.3 Å². The van der Waals surface area contributed by atoms with Crippen molar-refractivity contribution in [3.63, 3.8) is 0 Å². The van der Waals surface area contributed by atoms with Crippen molar-refractivity contribution in [1.82, 2.24) is 5.32 Å². The Kier molecular flexibility index (Phi) is 3.60. The number of rotatable bonds is 3. The second-order valence-corrected chi connectivity index (χ2v) is 8.40. The summed E-state index contributed by atoms with van der Waals surface area (Å²) in [4.78, 5) is 0. The van der Waals surface area contributed by atoms with Gasteiger partial charge in [-0.05, 0) is 73.5 Å². The van der Waals surface area contributed by atoms with Crippen molar-refractivity contribution in [2.24, 2.45) is 23.7 Å². The number of hydrogen-bond acceptors (Lipinski definition) is 1. The lowest BCUT2D eigenvalue weighted by Crippen LogP contribution is -2.54. The maximum Gasteiger partial charge on any atom is 0.0462 e. The topological polar surface area (TPSA) is 12.0 Å². The van der Waals surface area contributed by atoms with E-state index in [-0.39, 0.29) is 0 Å². The SMILES string of the molecule is Clc1cc(Br)ccc1CNC1C2CC3CC(C2)CC1C3. The lowest BCUT2D eigenvalue weighted by atomic mass is 9.54. The van der Waals surface area contributed by atoms with Crippen molar-refractivity contribution in [2.45, 2.75) is 44.7 Å². The van der Waals surface area contributed by atoms with Gasteiger partial charge in [0, 0.05) is 22.1 Å². The van der Waals surface area contributed by atoms with Crippen LogP contribution in [0, 0.1) is 23.7 Å². The summed E-state index contributed by atoms with van der Waals surface area (Å²) >= 11 is 9.80. The molecule has 4 aliphatic carbocycles. The minimum absolute atomic E-state index is 0.738. The monoisotopic (exact) mass is 353 g/mol. The zero-order valence-electron chi connectivity index (χ0n) is 11.6. The number of benzene rings is 1. The Morgan fingerprint density at radius 1 is 1.05 bits per heavy atom. The number of nitrogens with one attached hydrogen (secondary N) is 1. The second-order valence-electron chi connectivity index (χ2n) is 7.07. The molecule has 1 nitrogen and oxygen atoms in total. The molecule has 0 amide bonds. The van der Waals surface area contributed by atoms with Crippen molar-refractivity contribution in [1.29, 1.82) is 0 Å². The Labute approximate surface area is 134 Å². The summed E-state index contributed by atoms with van der Waals surface area (Å²) in [6, 6.07) is 6.95. The van der Waals surface area contributed by atoms with E-state index in [0.29, 0.717) is 0 Å². The molecule has 0 spiro atoms. The average Bonchev–Trinajstić information content (AvgIpc) is 2.39. The molecular weight excluding hydrogens is 334 g/mol. The Morgan fingerprint density at radius 2 is 1.70 bits per heavy atom. The molecule has 3 heteroatoms. The third-order valence-electron chi connectivity index (χ3n) is 5.77. The van der Waals surface area contributed by atoms with Crippen molar-refractivity contribution >= 4 is 27.5 Å². The van der Waals surface area contributed by atoms with Crippen LogP contribution in [0.4, 0.5) is 0 Å². The van der Waals surface area contributed by atoms with Gasteiger partial charge in [0.2, 0.25) is 0 Å². The molecule has 4 saturated carbocycles. The highest BCUT2D eigenvalue weighted by Gasteiger charge is 2.47. The Bertz CT molecular complexity index is 488. The van der Waals surface area contributed by atoms with E-state index >= 15 is 0 Å². The van der Waals surface area contributed by atoms with E-state index in [2.05, 4.69) is 33.4 Å². The maximum atomic E-state index is 6.33. The van der Waals surface area contributed by atoms with E-state index in [1.807, 2.05) is 6.07 Å². The first-order valence-corrected chi connectivity index (χ1v) is 9.03. The standard InChI is InChI=1S/C17H21BrClN/c18-15-2-1-12(16(19)8-15)9-20-17-13-4-10-3-11(6-13)7-14(17)5-10/h1-2,8,10-11,13-14,17,20H,3-7,9H2. The molecule has 1 aromatic carbocycles. The van der Waals surface area contributed by atoms with Crippen molar-refractivity contribution in [2.75, 3.05) is 0 Å². The fraction of sp³-hybridized carbons (Fsp3) is 0.647. The highest BCUT2D eigenvalue weighted by molar-refractivity contribution is 9.10. The molecule has 4 aliphatic rings. The van der Waals surface area contributed by atoms with Crippen LogP contribution in [-0.4, -0.2) is 6.04 Å². The summed E-state index contributed by atoms with van der Waals surface area (Å²) < 4.78 is 1.06. The summed E-state index contributed by atoms with van der Waals surface area (Å²) in [6.07, 6.45) is 7.41. The summed E-state index contributed by atoms with van der Waals surface area (Å²) in [5.41, 5.74) is 1.23. The lowest BCUT2D eigenvalue weighted by Gasteiger charge is -2.54. The van der Waals surface area contributed by atoms with Gasteiger partial charge in [0.15, 0.2) is 0 Å². The Balaban J connectivity index is 1.44. The highest BCUT2D eigenvalue weighted by Crippen LogP contribution is 2.53. The van der Waals surface area contributed by atoms with Gasteiger partial charge in [-0.2, -0.15) is 0 Å². The molecule has 5 rings (SSSR count). The lowest BCUT2D eigenvalue weighted by molar-refractivity contribution is -0.0142. The normalized spacial score (nSPS) is 38.4. The predicted octanol–water partition coefficient (Wildman–Crippen LogP) is 5.02. The van der Waals surface area contributed by atoms with Crippen LogP contribution < -0.4 is 5.32 Å². The van der Waals surface area contributed by atoms with Gasteiger partial charge in [-0.3, -0.25) is 0 Å². The number of halogens is 2. The van der Waals surface area contributed by atoms with Crippen LogP contribution in [0.15, 0.2) is 22.7 Å². The minimum Gasteiger partial charge on any atom is -0.309 e. The van der Waals surface area contributed by atoms with Gasteiger partial charge < -0.3 is 5.32 Å². The summed E-state index contributed by atoms with van der Waals surface area (Å²) in [7, 11) is 0.